The van der Waals surface area contributed by atoms with Crippen LogP contribution in [0.5, 0.6) is 0 Å². The fourth-order valence-corrected chi connectivity index (χ4v) is 2.54. The van der Waals surface area contributed by atoms with Crippen LogP contribution in [-0.4, -0.2) is 20.3 Å². The molecule has 0 aliphatic heterocycles. The van der Waals surface area contributed by atoms with Crippen molar-refractivity contribution in [2.75, 3.05) is 20.3 Å². The minimum Gasteiger partial charge on any atom is -0.464 e. The fourth-order valence-electron chi connectivity index (χ4n) is 2.54. The van der Waals surface area contributed by atoms with E-state index in [4.69, 9.17) is 9.15 Å². The topological polar surface area (TPSA) is 34.4 Å². The molecular weight excluding hydrogens is 262 g/mol. The first kappa shape index (κ1) is 16.1. The van der Waals surface area contributed by atoms with Gasteiger partial charge in [0.1, 0.15) is 5.58 Å². The Bertz CT molecular complexity index is 593. The number of hydrogen-bond donors (Lipinski definition) is 1. The molecule has 0 radical (unpaired) electrons. The molecule has 1 N–H and O–H groups in total. The standard InChI is InChI=1S/C18H27NO2/c1-6-13-9-15-14(11-19-7-8-20-5)12-21-17(15)16(10-13)18(2,3)4/h9-10,12,19H,6-8,11H2,1-5H3. The molecule has 0 saturated carbocycles. The summed E-state index contributed by atoms with van der Waals surface area (Å²) in [6.07, 6.45) is 2.93. The van der Waals surface area contributed by atoms with Crippen LogP contribution in [0.1, 0.15) is 44.4 Å². The third-order valence-electron chi connectivity index (χ3n) is 3.83. The van der Waals surface area contributed by atoms with E-state index in [1.165, 1.54) is 22.1 Å². The van der Waals surface area contributed by atoms with Gasteiger partial charge in [0.25, 0.3) is 0 Å². The summed E-state index contributed by atoms with van der Waals surface area (Å²) >= 11 is 0. The van der Waals surface area contributed by atoms with Crippen LogP contribution in [0.2, 0.25) is 0 Å². The molecule has 1 aromatic heterocycles. The molecule has 0 unspecified atom stereocenters. The van der Waals surface area contributed by atoms with Crippen LogP contribution in [0.15, 0.2) is 22.8 Å². The average molecular weight is 289 g/mol. The third kappa shape index (κ3) is 3.66. The molecule has 1 heterocycles. The highest BCUT2D eigenvalue weighted by Gasteiger charge is 2.21. The van der Waals surface area contributed by atoms with Crippen LogP contribution < -0.4 is 5.32 Å². The van der Waals surface area contributed by atoms with Gasteiger partial charge in [0, 0.05) is 36.7 Å². The average Bonchev–Trinajstić information content (AvgIpc) is 2.84. The highest BCUT2D eigenvalue weighted by Crippen LogP contribution is 2.34. The van der Waals surface area contributed by atoms with Gasteiger partial charge < -0.3 is 14.5 Å². The SMILES string of the molecule is CCc1cc(C(C)(C)C)c2occ(CNCCOC)c2c1. The van der Waals surface area contributed by atoms with E-state index in [0.29, 0.717) is 0 Å². The molecule has 116 valence electrons. The summed E-state index contributed by atoms with van der Waals surface area (Å²) in [7, 11) is 1.72. The van der Waals surface area contributed by atoms with Crippen molar-refractivity contribution in [1.82, 2.24) is 5.32 Å². The largest absolute Gasteiger partial charge is 0.464 e. The Hall–Kier alpha value is -1.32. The lowest BCUT2D eigenvalue weighted by molar-refractivity contribution is 0.199. The first-order valence-electron chi connectivity index (χ1n) is 7.70. The number of furan rings is 1. The highest BCUT2D eigenvalue weighted by atomic mass is 16.5. The molecule has 21 heavy (non-hydrogen) atoms. The highest BCUT2D eigenvalue weighted by molar-refractivity contribution is 5.85. The minimum atomic E-state index is 0.0853. The second kappa shape index (κ2) is 6.63. The van der Waals surface area contributed by atoms with Crippen LogP contribution in [0.3, 0.4) is 0 Å². The van der Waals surface area contributed by atoms with Gasteiger partial charge in [-0.2, -0.15) is 0 Å². The van der Waals surface area contributed by atoms with E-state index < -0.39 is 0 Å². The van der Waals surface area contributed by atoms with Gasteiger partial charge in [-0.25, -0.2) is 0 Å². The molecule has 0 aliphatic carbocycles. The van der Waals surface area contributed by atoms with Crippen molar-refractivity contribution in [2.45, 2.75) is 46.1 Å². The van der Waals surface area contributed by atoms with E-state index in [1.807, 2.05) is 6.26 Å². The number of rotatable bonds is 6. The maximum absolute atomic E-state index is 5.89. The summed E-state index contributed by atoms with van der Waals surface area (Å²) in [6.45, 7) is 11.3. The minimum absolute atomic E-state index is 0.0853. The number of nitrogens with one attached hydrogen (secondary N) is 1. The molecule has 0 fully saturated rings. The lowest BCUT2D eigenvalue weighted by atomic mass is 9.84. The lowest BCUT2D eigenvalue weighted by Crippen LogP contribution is -2.18. The number of benzene rings is 1. The summed E-state index contributed by atoms with van der Waals surface area (Å²) in [5.41, 5.74) is 5.00. The van der Waals surface area contributed by atoms with Crippen LogP contribution in [0.4, 0.5) is 0 Å². The first-order chi connectivity index (χ1) is 9.97. The molecule has 1 aromatic carbocycles. The van der Waals surface area contributed by atoms with Gasteiger partial charge in [-0.1, -0.05) is 33.8 Å². The molecular formula is C18H27NO2. The molecule has 2 aromatic rings. The zero-order valence-electron chi connectivity index (χ0n) is 13.9. The maximum atomic E-state index is 5.89. The Morgan fingerprint density at radius 1 is 1.24 bits per heavy atom. The van der Waals surface area contributed by atoms with Crippen molar-refractivity contribution in [1.29, 1.82) is 0 Å². The second-order valence-electron chi connectivity index (χ2n) is 6.55. The van der Waals surface area contributed by atoms with Crippen LogP contribution in [-0.2, 0) is 23.1 Å². The zero-order valence-corrected chi connectivity index (χ0v) is 13.9. The number of aryl methyl sites for hydroxylation is 1. The molecule has 0 aliphatic rings. The quantitative estimate of drug-likeness (QED) is 0.815. The van der Waals surface area contributed by atoms with Crippen molar-refractivity contribution >= 4 is 11.0 Å². The van der Waals surface area contributed by atoms with Gasteiger partial charge in [0.05, 0.1) is 12.9 Å². The van der Waals surface area contributed by atoms with E-state index in [0.717, 1.165) is 31.7 Å². The maximum Gasteiger partial charge on any atom is 0.137 e. The summed E-state index contributed by atoms with van der Waals surface area (Å²) in [5.74, 6) is 0. The van der Waals surface area contributed by atoms with Crippen molar-refractivity contribution in [3.8, 4) is 0 Å². The van der Waals surface area contributed by atoms with E-state index in [1.54, 1.807) is 7.11 Å². The number of methoxy groups -OCH3 is 1. The number of hydrogen-bond acceptors (Lipinski definition) is 3. The Balaban J connectivity index is 2.37. The normalized spacial score (nSPS) is 12.2. The van der Waals surface area contributed by atoms with Gasteiger partial charge >= 0.3 is 0 Å². The van der Waals surface area contributed by atoms with Crippen LogP contribution >= 0.6 is 0 Å². The lowest BCUT2D eigenvalue weighted by Gasteiger charge is -2.20. The van der Waals surface area contributed by atoms with Gasteiger partial charge in [-0.15, -0.1) is 0 Å². The second-order valence-corrected chi connectivity index (χ2v) is 6.55. The number of ether oxygens (including phenoxy) is 1. The molecule has 2 rings (SSSR count). The van der Waals surface area contributed by atoms with E-state index in [2.05, 4.69) is 45.1 Å². The zero-order chi connectivity index (χ0) is 15.5. The smallest absolute Gasteiger partial charge is 0.137 e. The van der Waals surface area contributed by atoms with E-state index >= 15 is 0 Å². The van der Waals surface area contributed by atoms with E-state index in [9.17, 15) is 0 Å². The van der Waals surface area contributed by atoms with Gasteiger partial charge in [-0.3, -0.25) is 0 Å². The van der Waals surface area contributed by atoms with Crippen molar-refractivity contribution in [3.05, 3.63) is 35.1 Å². The van der Waals surface area contributed by atoms with Gasteiger partial charge in [0.15, 0.2) is 0 Å². The van der Waals surface area contributed by atoms with Crippen molar-refractivity contribution in [3.63, 3.8) is 0 Å². The molecule has 3 nitrogen and oxygen atoms in total. The fraction of sp³-hybridized carbons (Fsp3) is 0.556. The molecule has 0 spiro atoms. The summed E-state index contributed by atoms with van der Waals surface area (Å²) < 4.78 is 11.0. The molecule has 0 saturated heterocycles. The van der Waals surface area contributed by atoms with Crippen molar-refractivity contribution < 1.29 is 9.15 Å². The summed E-state index contributed by atoms with van der Waals surface area (Å²) in [4.78, 5) is 0. The predicted octanol–water partition coefficient (Wildman–Crippen LogP) is 4.03. The summed E-state index contributed by atoms with van der Waals surface area (Å²) in [6, 6.07) is 4.55. The van der Waals surface area contributed by atoms with Gasteiger partial charge in [0.2, 0.25) is 0 Å². The third-order valence-corrected chi connectivity index (χ3v) is 3.83. The van der Waals surface area contributed by atoms with Crippen LogP contribution in [0, 0.1) is 0 Å². The van der Waals surface area contributed by atoms with Crippen LogP contribution in [0.25, 0.3) is 11.0 Å². The molecule has 0 bridgehead atoms. The van der Waals surface area contributed by atoms with Crippen molar-refractivity contribution in [2.24, 2.45) is 0 Å². The Labute approximate surface area is 127 Å². The summed E-state index contributed by atoms with van der Waals surface area (Å²) in [5, 5.41) is 4.63. The first-order valence-corrected chi connectivity index (χ1v) is 7.70. The molecule has 0 amide bonds. The Kier molecular flexibility index (Phi) is 5.07. The Morgan fingerprint density at radius 3 is 2.62 bits per heavy atom. The Morgan fingerprint density at radius 2 is 2.00 bits per heavy atom. The molecule has 0 atom stereocenters. The monoisotopic (exact) mass is 289 g/mol. The van der Waals surface area contributed by atoms with Gasteiger partial charge in [-0.05, 0) is 23.5 Å². The van der Waals surface area contributed by atoms with E-state index in [-0.39, 0.29) is 5.41 Å². The number of fused-ring (bicyclic) bond motifs is 1. The predicted molar refractivity (Wildman–Crippen MR) is 87.9 cm³/mol. The molecule has 3 heteroatoms.